The topological polar surface area (TPSA) is 18.5 Å². The molecule has 1 aromatic carbocycles. The Morgan fingerprint density at radius 2 is 1.93 bits per heavy atom. The molecule has 0 radical (unpaired) electrons. The van der Waals surface area contributed by atoms with Gasteiger partial charge >= 0.3 is 0 Å². The summed E-state index contributed by atoms with van der Waals surface area (Å²) in [5.41, 5.74) is 1.28. The summed E-state index contributed by atoms with van der Waals surface area (Å²) in [4.78, 5) is 0. The molecule has 2 heteroatoms. The summed E-state index contributed by atoms with van der Waals surface area (Å²) >= 11 is 0. The van der Waals surface area contributed by atoms with E-state index >= 15 is 0 Å². The Kier molecular flexibility index (Phi) is 4.47. The van der Waals surface area contributed by atoms with Crippen LogP contribution in [0, 0.1) is 0 Å². The standard InChI is InChI=1S/C13H20O2/c1-5-8-15-13-9-11(10(2)3)6-7-12(13)14-4/h6-7,9-10H,5,8H2,1-4H3. The van der Waals surface area contributed by atoms with Crippen molar-refractivity contribution >= 4 is 0 Å². The van der Waals surface area contributed by atoms with Gasteiger partial charge in [0.2, 0.25) is 0 Å². The molecule has 0 aromatic heterocycles. The molecule has 0 saturated carbocycles. The Hall–Kier alpha value is -1.18. The van der Waals surface area contributed by atoms with Crippen LogP contribution < -0.4 is 9.47 Å². The first-order valence-corrected chi connectivity index (χ1v) is 5.49. The van der Waals surface area contributed by atoms with Crippen molar-refractivity contribution in [2.24, 2.45) is 0 Å². The zero-order chi connectivity index (χ0) is 11.3. The van der Waals surface area contributed by atoms with Crippen molar-refractivity contribution in [3.8, 4) is 11.5 Å². The van der Waals surface area contributed by atoms with Crippen LogP contribution >= 0.6 is 0 Å². The quantitative estimate of drug-likeness (QED) is 0.736. The molecule has 0 saturated heterocycles. The van der Waals surface area contributed by atoms with Gasteiger partial charge in [0.05, 0.1) is 13.7 Å². The van der Waals surface area contributed by atoms with Crippen LogP contribution in [0.5, 0.6) is 11.5 Å². The van der Waals surface area contributed by atoms with Crippen LogP contribution in [0.1, 0.15) is 38.7 Å². The molecular formula is C13H20O2. The molecule has 0 unspecified atom stereocenters. The Morgan fingerprint density at radius 1 is 1.20 bits per heavy atom. The third-order valence-corrected chi connectivity index (χ3v) is 2.32. The van der Waals surface area contributed by atoms with E-state index in [9.17, 15) is 0 Å². The first-order valence-electron chi connectivity index (χ1n) is 5.49. The van der Waals surface area contributed by atoms with Gasteiger partial charge in [0.1, 0.15) is 0 Å². The van der Waals surface area contributed by atoms with Gasteiger partial charge < -0.3 is 9.47 Å². The van der Waals surface area contributed by atoms with Crippen LogP contribution in [0.3, 0.4) is 0 Å². The fraction of sp³-hybridized carbons (Fsp3) is 0.538. The second-order valence-electron chi connectivity index (χ2n) is 3.91. The molecule has 0 N–H and O–H groups in total. The lowest BCUT2D eigenvalue weighted by atomic mass is 10.0. The van der Waals surface area contributed by atoms with E-state index in [0.29, 0.717) is 5.92 Å². The SMILES string of the molecule is CCCOc1cc(C(C)C)ccc1OC. The molecule has 1 rings (SSSR count). The van der Waals surface area contributed by atoms with Gasteiger partial charge in [0.25, 0.3) is 0 Å². The monoisotopic (exact) mass is 208 g/mol. The normalized spacial score (nSPS) is 10.5. The van der Waals surface area contributed by atoms with Crippen LogP contribution in [-0.4, -0.2) is 13.7 Å². The van der Waals surface area contributed by atoms with E-state index in [1.54, 1.807) is 7.11 Å². The number of benzene rings is 1. The van der Waals surface area contributed by atoms with Crippen molar-refractivity contribution in [1.29, 1.82) is 0 Å². The Labute approximate surface area is 92.2 Å². The van der Waals surface area contributed by atoms with Crippen molar-refractivity contribution in [3.05, 3.63) is 23.8 Å². The summed E-state index contributed by atoms with van der Waals surface area (Å²) in [6.45, 7) is 7.17. The molecule has 84 valence electrons. The van der Waals surface area contributed by atoms with Crippen LogP contribution in [-0.2, 0) is 0 Å². The van der Waals surface area contributed by atoms with Gasteiger partial charge in [-0.1, -0.05) is 26.8 Å². The number of rotatable bonds is 5. The molecule has 0 fully saturated rings. The lowest BCUT2D eigenvalue weighted by Gasteiger charge is -2.13. The maximum atomic E-state index is 5.64. The van der Waals surface area contributed by atoms with Crippen molar-refractivity contribution in [3.63, 3.8) is 0 Å². The van der Waals surface area contributed by atoms with Crippen LogP contribution in [0.4, 0.5) is 0 Å². The van der Waals surface area contributed by atoms with Crippen molar-refractivity contribution < 1.29 is 9.47 Å². The highest BCUT2D eigenvalue weighted by molar-refractivity contribution is 5.43. The molecule has 0 spiro atoms. The van der Waals surface area contributed by atoms with E-state index in [0.717, 1.165) is 24.5 Å². The highest BCUT2D eigenvalue weighted by Gasteiger charge is 2.07. The number of hydrogen-bond donors (Lipinski definition) is 0. The van der Waals surface area contributed by atoms with Gasteiger partial charge in [-0.3, -0.25) is 0 Å². The minimum Gasteiger partial charge on any atom is -0.493 e. The molecule has 0 aliphatic heterocycles. The first kappa shape index (κ1) is 11.9. The van der Waals surface area contributed by atoms with E-state index in [1.807, 2.05) is 6.07 Å². The minimum atomic E-state index is 0.514. The summed E-state index contributed by atoms with van der Waals surface area (Å²) in [7, 11) is 1.67. The molecule has 0 aliphatic rings. The fourth-order valence-corrected chi connectivity index (χ4v) is 1.38. The third-order valence-electron chi connectivity index (χ3n) is 2.32. The molecule has 0 bridgehead atoms. The van der Waals surface area contributed by atoms with E-state index in [2.05, 4.69) is 32.9 Å². The molecule has 0 atom stereocenters. The molecule has 2 nitrogen and oxygen atoms in total. The predicted molar refractivity (Wildman–Crippen MR) is 62.9 cm³/mol. The van der Waals surface area contributed by atoms with Crippen molar-refractivity contribution in [2.75, 3.05) is 13.7 Å². The van der Waals surface area contributed by atoms with E-state index in [1.165, 1.54) is 5.56 Å². The molecule has 0 heterocycles. The van der Waals surface area contributed by atoms with Gasteiger partial charge in [-0.2, -0.15) is 0 Å². The number of ether oxygens (including phenoxy) is 2. The summed E-state index contributed by atoms with van der Waals surface area (Å²) in [6.07, 6.45) is 1.01. The third kappa shape index (κ3) is 3.15. The maximum Gasteiger partial charge on any atom is 0.161 e. The van der Waals surface area contributed by atoms with E-state index in [4.69, 9.17) is 9.47 Å². The lowest BCUT2D eigenvalue weighted by molar-refractivity contribution is 0.294. The smallest absolute Gasteiger partial charge is 0.161 e. The van der Waals surface area contributed by atoms with Gasteiger partial charge in [-0.15, -0.1) is 0 Å². The second-order valence-corrected chi connectivity index (χ2v) is 3.91. The van der Waals surface area contributed by atoms with Gasteiger partial charge in [0.15, 0.2) is 11.5 Å². The summed E-state index contributed by atoms with van der Waals surface area (Å²) in [6, 6.07) is 6.13. The molecular weight excluding hydrogens is 188 g/mol. The van der Waals surface area contributed by atoms with Crippen molar-refractivity contribution in [1.82, 2.24) is 0 Å². The Balaban J connectivity index is 2.91. The van der Waals surface area contributed by atoms with E-state index in [-0.39, 0.29) is 0 Å². The Morgan fingerprint density at radius 3 is 2.47 bits per heavy atom. The minimum absolute atomic E-state index is 0.514. The lowest BCUT2D eigenvalue weighted by Crippen LogP contribution is -1.99. The number of hydrogen-bond acceptors (Lipinski definition) is 2. The first-order chi connectivity index (χ1) is 7.19. The zero-order valence-electron chi connectivity index (χ0n) is 10.0. The van der Waals surface area contributed by atoms with Crippen LogP contribution in [0.15, 0.2) is 18.2 Å². The maximum absolute atomic E-state index is 5.64. The number of methoxy groups -OCH3 is 1. The summed E-state index contributed by atoms with van der Waals surface area (Å²) < 4.78 is 10.9. The highest BCUT2D eigenvalue weighted by Crippen LogP contribution is 2.30. The molecule has 0 aliphatic carbocycles. The predicted octanol–water partition coefficient (Wildman–Crippen LogP) is 3.61. The van der Waals surface area contributed by atoms with Gasteiger partial charge in [-0.05, 0) is 30.0 Å². The summed E-state index contributed by atoms with van der Waals surface area (Å²) in [5.74, 6) is 2.18. The largest absolute Gasteiger partial charge is 0.493 e. The average Bonchev–Trinajstić information content (AvgIpc) is 2.25. The van der Waals surface area contributed by atoms with Crippen LogP contribution in [0.25, 0.3) is 0 Å². The van der Waals surface area contributed by atoms with Gasteiger partial charge in [-0.25, -0.2) is 0 Å². The summed E-state index contributed by atoms with van der Waals surface area (Å²) in [5, 5.41) is 0. The highest BCUT2D eigenvalue weighted by atomic mass is 16.5. The zero-order valence-corrected chi connectivity index (χ0v) is 10.0. The fourth-order valence-electron chi connectivity index (χ4n) is 1.38. The molecule has 15 heavy (non-hydrogen) atoms. The average molecular weight is 208 g/mol. The van der Waals surface area contributed by atoms with Crippen LogP contribution in [0.2, 0.25) is 0 Å². The van der Waals surface area contributed by atoms with Crippen molar-refractivity contribution in [2.45, 2.75) is 33.1 Å². The second kappa shape index (κ2) is 5.64. The molecule has 0 amide bonds. The van der Waals surface area contributed by atoms with E-state index < -0.39 is 0 Å². The Bertz CT molecular complexity index is 305. The molecule has 1 aromatic rings. The van der Waals surface area contributed by atoms with Gasteiger partial charge in [0, 0.05) is 0 Å².